The Balaban J connectivity index is 1.51. The van der Waals surface area contributed by atoms with Crippen molar-refractivity contribution in [1.29, 1.82) is 0 Å². The van der Waals surface area contributed by atoms with Crippen molar-refractivity contribution in [1.82, 2.24) is 10.3 Å². The van der Waals surface area contributed by atoms with Gasteiger partial charge in [0.25, 0.3) is 5.91 Å². The third kappa shape index (κ3) is 5.14. The van der Waals surface area contributed by atoms with E-state index in [0.29, 0.717) is 47.2 Å². The highest BCUT2D eigenvalue weighted by Gasteiger charge is 2.17. The molecule has 3 aromatic carbocycles. The van der Waals surface area contributed by atoms with E-state index in [-0.39, 0.29) is 5.91 Å². The van der Waals surface area contributed by atoms with E-state index in [1.165, 1.54) is 39.5 Å². The number of carbonyl (C=O) groups is 1. The number of aromatic amines is 1. The summed E-state index contributed by atoms with van der Waals surface area (Å²) in [7, 11) is 6.15. The highest BCUT2D eigenvalue weighted by Crippen LogP contribution is 2.41. The second-order valence-electron chi connectivity index (χ2n) is 7.96. The van der Waals surface area contributed by atoms with Gasteiger partial charge < -0.3 is 34.6 Å². The lowest BCUT2D eigenvalue weighted by atomic mass is 10.1. The first-order valence-electron chi connectivity index (χ1n) is 11.3. The standard InChI is InChI=1S/C27H28FN3O5/c1-33-19-6-8-22-21(14-19)16(15-30-22)9-10-29-27(32)20-7-5-17(28)11-23(20)31-18-12-24(34-2)26(36-4)25(13-18)35-3/h5-8,11-15,30-31H,9-10H2,1-4H3,(H,29,32). The van der Waals surface area contributed by atoms with Crippen LogP contribution in [-0.2, 0) is 6.42 Å². The molecule has 0 fully saturated rings. The number of aromatic nitrogens is 1. The van der Waals surface area contributed by atoms with E-state index < -0.39 is 5.82 Å². The third-order valence-corrected chi connectivity index (χ3v) is 5.82. The minimum atomic E-state index is -0.478. The molecule has 8 nitrogen and oxygen atoms in total. The van der Waals surface area contributed by atoms with Crippen LogP contribution in [0.25, 0.3) is 10.9 Å². The molecule has 0 spiro atoms. The Morgan fingerprint density at radius 2 is 1.67 bits per heavy atom. The highest BCUT2D eigenvalue weighted by atomic mass is 19.1. The predicted octanol–water partition coefficient (Wildman–Crippen LogP) is 5.06. The van der Waals surface area contributed by atoms with Gasteiger partial charge in [0.05, 0.1) is 39.7 Å². The van der Waals surface area contributed by atoms with Crippen molar-refractivity contribution in [3.63, 3.8) is 0 Å². The Bertz CT molecular complexity index is 1360. The lowest BCUT2D eigenvalue weighted by molar-refractivity contribution is 0.0955. The van der Waals surface area contributed by atoms with E-state index in [2.05, 4.69) is 15.6 Å². The number of rotatable bonds is 10. The maximum atomic E-state index is 14.1. The molecule has 0 bridgehead atoms. The average Bonchev–Trinajstić information content (AvgIpc) is 3.30. The van der Waals surface area contributed by atoms with Crippen molar-refractivity contribution in [3.8, 4) is 23.0 Å². The van der Waals surface area contributed by atoms with Crippen LogP contribution in [0, 0.1) is 5.82 Å². The van der Waals surface area contributed by atoms with Gasteiger partial charge in [-0.15, -0.1) is 0 Å². The van der Waals surface area contributed by atoms with Crippen molar-refractivity contribution >= 4 is 28.2 Å². The number of hydrogen-bond donors (Lipinski definition) is 3. The molecule has 4 rings (SSSR count). The molecule has 36 heavy (non-hydrogen) atoms. The van der Waals surface area contributed by atoms with Gasteiger partial charge in [-0.05, 0) is 48.4 Å². The zero-order valence-electron chi connectivity index (χ0n) is 20.5. The number of methoxy groups -OCH3 is 4. The molecule has 0 atom stereocenters. The summed E-state index contributed by atoms with van der Waals surface area (Å²) < 4.78 is 35.5. The Hall–Kier alpha value is -4.40. The van der Waals surface area contributed by atoms with Crippen molar-refractivity contribution in [2.75, 3.05) is 40.3 Å². The summed E-state index contributed by atoms with van der Waals surface area (Å²) >= 11 is 0. The summed E-state index contributed by atoms with van der Waals surface area (Å²) in [6.07, 6.45) is 2.53. The fourth-order valence-corrected chi connectivity index (χ4v) is 4.02. The van der Waals surface area contributed by atoms with Gasteiger partial charge in [-0.25, -0.2) is 4.39 Å². The topological polar surface area (TPSA) is 93.8 Å². The Morgan fingerprint density at radius 1 is 0.917 bits per heavy atom. The first-order valence-corrected chi connectivity index (χ1v) is 11.3. The number of halogens is 1. The van der Waals surface area contributed by atoms with Gasteiger partial charge in [0.2, 0.25) is 5.75 Å². The zero-order valence-corrected chi connectivity index (χ0v) is 20.5. The quantitative estimate of drug-likeness (QED) is 0.286. The highest BCUT2D eigenvalue weighted by molar-refractivity contribution is 6.00. The van der Waals surface area contributed by atoms with E-state index in [0.717, 1.165) is 22.2 Å². The van der Waals surface area contributed by atoms with Crippen molar-refractivity contribution < 1.29 is 28.1 Å². The molecule has 0 aliphatic heterocycles. The van der Waals surface area contributed by atoms with Crippen LogP contribution in [0.3, 0.4) is 0 Å². The molecule has 1 aromatic heterocycles. The molecular weight excluding hydrogens is 465 g/mol. The van der Waals surface area contributed by atoms with Crippen LogP contribution in [0.1, 0.15) is 15.9 Å². The van der Waals surface area contributed by atoms with Gasteiger partial charge in [-0.1, -0.05) is 0 Å². The summed E-state index contributed by atoms with van der Waals surface area (Å²) in [6.45, 7) is 0.393. The third-order valence-electron chi connectivity index (χ3n) is 5.82. The number of ether oxygens (including phenoxy) is 4. The Morgan fingerprint density at radius 3 is 2.33 bits per heavy atom. The van der Waals surface area contributed by atoms with Gasteiger partial charge >= 0.3 is 0 Å². The second-order valence-corrected chi connectivity index (χ2v) is 7.96. The molecule has 1 heterocycles. The van der Waals surface area contributed by atoms with E-state index in [1.54, 1.807) is 19.2 Å². The summed E-state index contributed by atoms with van der Waals surface area (Å²) in [5, 5.41) is 7.06. The lowest BCUT2D eigenvalue weighted by Gasteiger charge is -2.17. The molecule has 0 unspecified atom stereocenters. The zero-order chi connectivity index (χ0) is 25.7. The largest absolute Gasteiger partial charge is 0.497 e. The van der Waals surface area contributed by atoms with Crippen LogP contribution in [0.4, 0.5) is 15.8 Å². The lowest BCUT2D eigenvalue weighted by Crippen LogP contribution is -2.26. The molecule has 1 amide bonds. The molecule has 3 N–H and O–H groups in total. The minimum absolute atomic E-state index is 0.297. The molecule has 0 aliphatic carbocycles. The van der Waals surface area contributed by atoms with Crippen LogP contribution in [-0.4, -0.2) is 45.9 Å². The maximum Gasteiger partial charge on any atom is 0.253 e. The number of amides is 1. The maximum absolute atomic E-state index is 14.1. The van der Waals surface area contributed by atoms with Crippen LogP contribution < -0.4 is 29.6 Å². The fraction of sp³-hybridized carbons (Fsp3) is 0.222. The summed E-state index contributed by atoms with van der Waals surface area (Å²) in [4.78, 5) is 16.3. The molecule has 9 heteroatoms. The molecule has 0 radical (unpaired) electrons. The van der Waals surface area contributed by atoms with Crippen LogP contribution in [0.2, 0.25) is 0 Å². The molecular formula is C27H28FN3O5. The van der Waals surface area contributed by atoms with Crippen LogP contribution >= 0.6 is 0 Å². The van der Waals surface area contributed by atoms with E-state index >= 15 is 0 Å². The van der Waals surface area contributed by atoms with Gasteiger partial charge in [0, 0.05) is 41.5 Å². The predicted molar refractivity (Wildman–Crippen MR) is 137 cm³/mol. The molecule has 0 aliphatic rings. The Kier molecular flexibility index (Phi) is 7.48. The van der Waals surface area contributed by atoms with Gasteiger partial charge in [0.1, 0.15) is 11.6 Å². The number of nitrogens with one attached hydrogen (secondary N) is 3. The van der Waals surface area contributed by atoms with Gasteiger partial charge in [-0.3, -0.25) is 4.79 Å². The first kappa shape index (κ1) is 24.7. The normalized spacial score (nSPS) is 10.7. The van der Waals surface area contributed by atoms with Crippen molar-refractivity contribution in [2.24, 2.45) is 0 Å². The second kappa shape index (κ2) is 10.9. The van der Waals surface area contributed by atoms with Gasteiger partial charge in [-0.2, -0.15) is 0 Å². The number of hydrogen-bond acceptors (Lipinski definition) is 6. The summed E-state index contributed by atoms with van der Waals surface area (Å²) in [5.74, 6) is 1.24. The van der Waals surface area contributed by atoms with Crippen LogP contribution in [0.5, 0.6) is 23.0 Å². The van der Waals surface area contributed by atoms with Crippen molar-refractivity contribution in [3.05, 3.63) is 71.7 Å². The first-order chi connectivity index (χ1) is 17.5. The molecule has 0 saturated carbocycles. The number of H-pyrrole nitrogens is 1. The Labute approximate surface area is 208 Å². The number of carbonyl (C=O) groups excluding carboxylic acids is 1. The number of fused-ring (bicyclic) bond motifs is 1. The van der Waals surface area contributed by atoms with E-state index in [4.69, 9.17) is 18.9 Å². The SMILES string of the molecule is COc1ccc2[nH]cc(CCNC(=O)c3ccc(F)cc3Nc3cc(OC)c(OC)c(OC)c3)c2c1. The number of anilines is 2. The summed E-state index contributed by atoms with van der Waals surface area (Å²) in [5.41, 5.74) is 3.19. The summed E-state index contributed by atoms with van der Waals surface area (Å²) in [6, 6.07) is 13.1. The van der Waals surface area contributed by atoms with E-state index in [1.807, 2.05) is 24.4 Å². The van der Waals surface area contributed by atoms with E-state index in [9.17, 15) is 9.18 Å². The minimum Gasteiger partial charge on any atom is -0.497 e. The van der Waals surface area contributed by atoms with Crippen molar-refractivity contribution in [2.45, 2.75) is 6.42 Å². The van der Waals surface area contributed by atoms with Crippen LogP contribution in [0.15, 0.2) is 54.7 Å². The molecule has 188 valence electrons. The molecule has 4 aromatic rings. The average molecular weight is 494 g/mol. The van der Waals surface area contributed by atoms with Gasteiger partial charge in [0.15, 0.2) is 11.5 Å². The monoisotopic (exact) mass is 493 g/mol. The fourth-order valence-electron chi connectivity index (χ4n) is 4.02. The number of benzene rings is 3. The smallest absolute Gasteiger partial charge is 0.253 e. The molecule has 0 saturated heterocycles.